The van der Waals surface area contributed by atoms with Gasteiger partial charge in [-0.15, -0.1) is 0 Å². The second-order valence-corrected chi connectivity index (χ2v) is 7.60. The molecule has 0 aliphatic rings. The van der Waals surface area contributed by atoms with Crippen molar-refractivity contribution in [3.05, 3.63) is 35.9 Å². The van der Waals surface area contributed by atoms with Crippen LogP contribution in [0.5, 0.6) is 28.7 Å². The van der Waals surface area contributed by atoms with E-state index in [1.54, 1.807) is 51.3 Å². The van der Waals surface area contributed by atoms with Gasteiger partial charge in [0.1, 0.15) is 34.3 Å². The van der Waals surface area contributed by atoms with Crippen LogP contribution in [0.4, 0.5) is 0 Å². The van der Waals surface area contributed by atoms with Gasteiger partial charge in [0.2, 0.25) is 0 Å². The molecule has 0 radical (unpaired) electrons. The number of rotatable bonds is 12. The molecule has 2 aromatic carbocycles. The van der Waals surface area contributed by atoms with Gasteiger partial charge in [0.15, 0.2) is 18.1 Å². The minimum absolute atomic E-state index is 0. The Balaban J connectivity index is 0.00000512. The summed E-state index contributed by atoms with van der Waals surface area (Å²) in [7, 11) is 7.35. The monoisotopic (exact) mass is 460 g/mol. The molecule has 32 heavy (non-hydrogen) atoms. The molecule has 0 fully saturated rings. The predicted octanol–water partition coefficient (Wildman–Crippen LogP) is 2.95. The van der Waals surface area contributed by atoms with E-state index >= 15 is 0 Å². The molecule has 8 nitrogen and oxygen atoms in total. The Bertz CT molecular complexity index is 867. The zero-order chi connectivity index (χ0) is 23.0. The number of carbonyl (C=O) groups is 1. The third-order valence-electron chi connectivity index (χ3n) is 4.40. The molecule has 10 heteroatoms. The molecular weight excluding hydrogens is 430 g/mol. The van der Waals surface area contributed by atoms with Crippen LogP contribution in [-0.2, 0) is 9.47 Å². The van der Waals surface area contributed by atoms with Crippen molar-refractivity contribution >= 4 is 38.3 Å². The predicted molar refractivity (Wildman–Crippen MR) is 126 cm³/mol. The molecule has 3 atom stereocenters. The van der Waals surface area contributed by atoms with Crippen LogP contribution in [-0.4, -0.2) is 72.5 Å². The fourth-order valence-electron chi connectivity index (χ4n) is 2.66. The Kier molecular flexibility index (Phi) is 11.9. The summed E-state index contributed by atoms with van der Waals surface area (Å²) in [6.45, 7) is 3.54. The van der Waals surface area contributed by atoms with Crippen molar-refractivity contribution in [3.8, 4) is 28.7 Å². The van der Waals surface area contributed by atoms with Gasteiger partial charge in [-0.05, 0) is 34.6 Å². The third-order valence-corrected chi connectivity index (χ3v) is 5.56. The first kappa shape index (κ1) is 28.1. The number of ether oxygens (including phenoxy) is 7. The second-order valence-electron chi connectivity index (χ2n) is 6.36. The molecule has 0 aliphatic heterocycles. The van der Waals surface area contributed by atoms with Crippen LogP contribution in [0.1, 0.15) is 24.2 Å². The van der Waals surface area contributed by atoms with Gasteiger partial charge in [0, 0.05) is 37.7 Å². The van der Waals surface area contributed by atoms with Crippen LogP contribution in [0.3, 0.4) is 0 Å². The van der Waals surface area contributed by atoms with E-state index in [1.165, 1.54) is 28.4 Å². The van der Waals surface area contributed by atoms with Gasteiger partial charge in [-0.3, -0.25) is 4.79 Å². The van der Waals surface area contributed by atoms with E-state index in [1.807, 2.05) is 0 Å². The third kappa shape index (κ3) is 7.30. The molecule has 0 saturated carbocycles. The number of hydrogen-bond donors (Lipinski definition) is 0. The van der Waals surface area contributed by atoms with Gasteiger partial charge in [-0.1, -0.05) is 0 Å². The van der Waals surface area contributed by atoms with Crippen molar-refractivity contribution in [3.63, 3.8) is 0 Å². The number of carbonyl (C=O) groups excluding carboxylic acids is 1. The zero-order valence-corrected chi connectivity index (χ0v) is 19.8. The molecule has 0 heterocycles. The maximum atomic E-state index is 13.3. The van der Waals surface area contributed by atoms with Crippen molar-refractivity contribution < 1.29 is 38.0 Å². The van der Waals surface area contributed by atoms with Crippen LogP contribution < -0.4 is 29.0 Å². The van der Waals surface area contributed by atoms with E-state index < -0.39 is 12.6 Å². The molecule has 0 aromatic heterocycles. The molecule has 2 aromatic rings. The number of methoxy groups -OCH3 is 5. The molecule has 0 saturated heterocycles. The molecule has 3 unspecified atom stereocenters. The van der Waals surface area contributed by atoms with Crippen LogP contribution in [0.25, 0.3) is 0 Å². The summed E-state index contributed by atoms with van der Waals surface area (Å²) in [5, 5.41) is 0.686. The topological polar surface area (TPSA) is 81.7 Å². The molecule has 0 spiro atoms. The molecule has 172 valence electrons. The summed E-state index contributed by atoms with van der Waals surface area (Å²) in [6.07, 6.45) is -0.950. The van der Waals surface area contributed by atoms with Crippen LogP contribution in [0.15, 0.2) is 30.3 Å². The van der Waals surface area contributed by atoms with E-state index in [0.29, 0.717) is 39.6 Å². The summed E-state index contributed by atoms with van der Waals surface area (Å²) < 4.78 is 38.0. The average molecular weight is 460 g/mol. The Morgan fingerprint density at radius 3 is 1.78 bits per heavy atom. The molecule has 2 rings (SSSR count). The molecular formula is C22H30LiO8P. The van der Waals surface area contributed by atoms with Gasteiger partial charge < -0.3 is 33.2 Å². The summed E-state index contributed by atoms with van der Waals surface area (Å²) in [6, 6.07) is 8.55. The minimum atomic E-state index is -0.515. The van der Waals surface area contributed by atoms with Crippen LogP contribution in [0, 0.1) is 0 Å². The summed E-state index contributed by atoms with van der Waals surface area (Å²) in [5.74, 6) is 2.30. The Morgan fingerprint density at radius 2 is 1.28 bits per heavy atom. The van der Waals surface area contributed by atoms with Gasteiger partial charge in [0.25, 0.3) is 0 Å². The first-order valence-electron chi connectivity index (χ1n) is 9.51. The SMILES string of the molecule is COc1cc(OC)c(C(=O)Pc2ccc(OC(C)OC)cc2OC(C)OC)c(OC)c1.[LiH]. The van der Waals surface area contributed by atoms with Crippen molar-refractivity contribution in [2.45, 2.75) is 26.4 Å². The van der Waals surface area contributed by atoms with E-state index in [2.05, 4.69) is 0 Å². The van der Waals surface area contributed by atoms with Crippen LogP contribution >= 0.6 is 8.58 Å². The fourth-order valence-corrected chi connectivity index (χ4v) is 3.69. The van der Waals surface area contributed by atoms with Gasteiger partial charge in [-0.25, -0.2) is 0 Å². The Labute approximate surface area is 202 Å². The van der Waals surface area contributed by atoms with Crippen molar-refractivity contribution in [1.29, 1.82) is 0 Å². The second kappa shape index (κ2) is 13.6. The first-order valence-corrected chi connectivity index (χ1v) is 10.5. The summed E-state index contributed by atoms with van der Waals surface area (Å²) in [5.41, 5.74) is 0.161. The summed E-state index contributed by atoms with van der Waals surface area (Å²) in [4.78, 5) is 13.3. The van der Waals surface area contributed by atoms with Gasteiger partial charge in [0.05, 0.1) is 21.3 Å². The van der Waals surface area contributed by atoms with E-state index in [4.69, 9.17) is 33.2 Å². The van der Waals surface area contributed by atoms with Gasteiger partial charge >= 0.3 is 18.9 Å². The maximum absolute atomic E-state index is 13.3. The summed E-state index contributed by atoms with van der Waals surface area (Å²) >= 11 is 0. The molecule has 0 amide bonds. The zero-order valence-electron chi connectivity index (χ0n) is 18.8. The van der Waals surface area contributed by atoms with E-state index in [-0.39, 0.29) is 33.0 Å². The number of hydrogen-bond acceptors (Lipinski definition) is 8. The van der Waals surface area contributed by atoms with E-state index in [0.717, 1.165) is 0 Å². The van der Waals surface area contributed by atoms with Crippen molar-refractivity contribution in [2.75, 3.05) is 35.5 Å². The van der Waals surface area contributed by atoms with Crippen LogP contribution in [0.2, 0.25) is 0 Å². The van der Waals surface area contributed by atoms with Gasteiger partial charge in [-0.2, -0.15) is 0 Å². The standard InChI is InChI=1S/C22H29O8P.Li.H/c1-13(24-3)29-15-8-9-20(17(10-15)30-14(2)25-4)31-22(23)21-18(27-6)11-16(26-5)12-19(21)28-7;;/h8-14,31H,1-7H3;;. The van der Waals surface area contributed by atoms with E-state index in [9.17, 15) is 4.79 Å². The number of benzene rings is 2. The Morgan fingerprint density at radius 1 is 0.750 bits per heavy atom. The average Bonchev–Trinajstić information content (AvgIpc) is 2.79. The molecule has 0 bridgehead atoms. The quantitative estimate of drug-likeness (QED) is 0.272. The fraction of sp³-hybridized carbons (Fsp3) is 0.409. The Hall–Kier alpha value is -1.94. The van der Waals surface area contributed by atoms with Crippen molar-refractivity contribution in [1.82, 2.24) is 0 Å². The van der Waals surface area contributed by atoms with Crippen molar-refractivity contribution in [2.24, 2.45) is 0 Å². The first-order chi connectivity index (χ1) is 14.9. The molecule has 0 N–H and O–H groups in total. The normalized spacial score (nSPS) is 12.6. The molecule has 0 aliphatic carbocycles.